The second-order valence-corrected chi connectivity index (χ2v) is 9.77. The third-order valence-electron chi connectivity index (χ3n) is 6.89. The number of halogens is 6. The van der Waals surface area contributed by atoms with Crippen LogP contribution in [0.15, 0.2) is 12.1 Å². The van der Waals surface area contributed by atoms with Crippen molar-refractivity contribution in [1.82, 2.24) is 24.7 Å². The maximum absolute atomic E-state index is 14.0. The molecule has 2 aromatic rings. The van der Waals surface area contributed by atoms with Crippen LogP contribution in [0.1, 0.15) is 46.8 Å². The van der Waals surface area contributed by atoms with E-state index in [-0.39, 0.29) is 55.5 Å². The Bertz CT molecular complexity index is 1210. The SMILES string of the molecule is CN1CCC(NC(=O)c2nc(C(F)(F)F)n3c2CN(C(=O)C[C@H](N)Cc2cc(F)c(F)cc2F)CC3)CC1. The van der Waals surface area contributed by atoms with Crippen LogP contribution in [0, 0.1) is 17.5 Å². The average molecular weight is 547 g/mol. The first-order valence-electron chi connectivity index (χ1n) is 12.2. The summed E-state index contributed by atoms with van der Waals surface area (Å²) in [5, 5.41) is 2.76. The third-order valence-corrected chi connectivity index (χ3v) is 6.89. The lowest BCUT2D eigenvalue weighted by Gasteiger charge is -2.31. The summed E-state index contributed by atoms with van der Waals surface area (Å²) in [6.45, 7) is 0.837. The summed E-state index contributed by atoms with van der Waals surface area (Å²) in [6.07, 6.45) is -4.10. The lowest BCUT2D eigenvalue weighted by molar-refractivity contribution is -0.148. The maximum Gasteiger partial charge on any atom is 0.449 e. The van der Waals surface area contributed by atoms with E-state index in [1.165, 1.54) is 4.90 Å². The lowest BCUT2D eigenvalue weighted by atomic mass is 10.0. The van der Waals surface area contributed by atoms with Gasteiger partial charge in [0.05, 0.1) is 12.2 Å². The number of rotatable bonds is 6. The summed E-state index contributed by atoms with van der Waals surface area (Å²) >= 11 is 0. The highest BCUT2D eigenvalue weighted by Gasteiger charge is 2.42. The van der Waals surface area contributed by atoms with Crippen molar-refractivity contribution in [3.63, 3.8) is 0 Å². The average Bonchev–Trinajstić information content (AvgIpc) is 3.23. The van der Waals surface area contributed by atoms with Gasteiger partial charge in [-0.2, -0.15) is 13.2 Å². The fourth-order valence-electron chi connectivity index (χ4n) is 4.81. The molecule has 2 aliphatic rings. The van der Waals surface area contributed by atoms with Crippen molar-refractivity contribution in [2.75, 3.05) is 26.7 Å². The van der Waals surface area contributed by atoms with Gasteiger partial charge in [-0.25, -0.2) is 18.2 Å². The number of nitrogens with one attached hydrogen (secondary N) is 1. The number of carbonyl (C=O) groups excluding carboxylic acids is 2. The molecular weight excluding hydrogens is 518 g/mol. The smallest absolute Gasteiger partial charge is 0.348 e. The zero-order valence-electron chi connectivity index (χ0n) is 20.6. The summed E-state index contributed by atoms with van der Waals surface area (Å²) in [7, 11) is 1.94. The quantitative estimate of drug-likeness (QED) is 0.429. The van der Waals surface area contributed by atoms with Crippen molar-refractivity contribution in [2.45, 2.75) is 57.0 Å². The number of hydrogen-bond donors (Lipinski definition) is 2. The van der Waals surface area contributed by atoms with Crippen LogP contribution < -0.4 is 11.1 Å². The Labute approximate surface area is 214 Å². The first-order valence-corrected chi connectivity index (χ1v) is 12.2. The van der Waals surface area contributed by atoms with Crippen LogP contribution in [0.3, 0.4) is 0 Å². The molecular formula is C24H28F6N6O2. The molecule has 8 nitrogen and oxygen atoms in total. The third kappa shape index (κ3) is 6.12. The van der Waals surface area contributed by atoms with Gasteiger partial charge in [0.15, 0.2) is 17.3 Å². The van der Waals surface area contributed by atoms with Crippen LogP contribution in [0.25, 0.3) is 0 Å². The minimum atomic E-state index is -4.80. The second kappa shape index (κ2) is 10.9. The van der Waals surface area contributed by atoms with E-state index >= 15 is 0 Å². The number of carbonyl (C=O) groups is 2. The van der Waals surface area contributed by atoms with Crippen molar-refractivity contribution >= 4 is 11.8 Å². The van der Waals surface area contributed by atoms with Crippen LogP contribution in [0.2, 0.25) is 0 Å². The molecule has 3 heterocycles. The number of amides is 2. The zero-order chi connectivity index (χ0) is 27.8. The molecule has 4 rings (SSSR count). The van der Waals surface area contributed by atoms with Crippen molar-refractivity contribution in [1.29, 1.82) is 0 Å². The first kappa shape index (κ1) is 27.9. The molecule has 14 heteroatoms. The van der Waals surface area contributed by atoms with Crippen LogP contribution in [-0.4, -0.2) is 69.9 Å². The number of alkyl halides is 3. The Morgan fingerprint density at radius 1 is 1.08 bits per heavy atom. The standard InChI is InChI=1S/C24H28F6N6O2/c1-34-4-2-15(3-5-34)32-22(38)21-19-12-35(6-7-36(19)23(33-21)24(28,29)30)20(37)10-14(31)8-13-9-17(26)18(27)11-16(13)25/h9,11,14-15H,2-8,10,12,31H2,1H3,(H,32,38)/t14-/m1/s1. The highest BCUT2D eigenvalue weighted by Crippen LogP contribution is 2.32. The number of likely N-dealkylation sites (tertiary alicyclic amines) is 1. The molecule has 0 spiro atoms. The number of aromatic nitrogens is 2. The highest BCUT2D eigenvalue weighted by molar-refractivity contribution is 5.94. The molecule has 0 unspecified atom stereocenters. The van der Waals surface area contributed by atoms with Gasteiger partial charge in [-0.1, -0.05) is 0 Å². The Kier molecular flexibility index (Phi) is 8.02. The number of nitrogens with zero attached hydrogens (tertiary/aromatic N) is 4. The van der Waals surface area contributed by atoms with E-state index in [9.17, 15) is 35.9 Å². The van der Waals surface area contributed by atoms with Crippen LogP contribution >= 0.6 is 0 Å². The molecule has 0 bridgehead atoms. The summed E-state index contributed by atoms with van der Waals surface area (Å²) < 4.78 is 82.5. The van der Waals surface area contributed by atoms with Gasteiger partial charge in [-0.15, -0.1) is 0 Å². The van der Waals surface area contributed by atoms with E-state index in [0.717, 1.165) is 17.7 Å². The molecule has 1 saturated heterocycles. The monoisotopic (exact) mass is 546 g/mol. The number of fused-ring (bicyclic) bond motifs is 1. The number of piperidine rings is 1. The molecule has 2 aliphatic heterocycles. The minimum absolute atomic E-state index is 0.0393. The van der Waals surface area contributed by atoms with Gasteiger partial charge in [0.1, 0.15) is 5.82 Å². The van der Waals surface area contributed by atoms with Crippen molar-refractivity contribution in [3.05, 3.63) is 52.4 Å². The van der Waals surface area contributed by atoms with E-state index in [1.54, 1.807) is 0 Å². The van der Waals surface area contributed by atoms with Crippen molar-refractivity contribution in [3.8, 4) is 0 Å². The zero-order valence-corrected chi connectivity index (χ0v) is 20.6. The van der Waals surface area contributed by atoms with Gasteiger partial charge >= 0.3 is 6.18 Å². The second-order valence-electron chi connectivity index (χ2n) is 9.77. The Hall–Kier alpha value is -3.13. The van der Waals surface area contributed by atoms with Gasteiger partial charge in [0.2, 0.25) is 11.7 Å². The predicted octanol–water partition coefficient (Wildman–Crippen LogP) is 2.45. The first-order chi connectivity index (χ1) is 17.8. The summed E-state index contributed by atoms with van der Waals surface area (Å²) in [5.74, 6) is -6.10. The minimum Gasteiger partial charge on any atom is -0.348 e. The number of hydrogen-bond acceptors (Lipinski definition) is 5. The predicted molar refractivity (Wildman–Crippen MR) is 123 cm³/mol. The molecule has 2 amide bonds. The van der Waals surface area contributed by atoms with E-state index in [0.29, 0.717) is 25.0 Å². The van der Waals surface area contributed by atoms with Crippen LogP contribution in [0.5, 0.6) is 0 Å². The number of benzene rings is 1. The number of nitrogens with two attached hydrogens (primary N) is 1. The van der Waals surface area contributed by atoms with E-state index in [2.05, 4.69) is 15.2 Å². The van der Waals surface area contributed by atoms with Crippen molar-refractivity contribution in [2.24, 2.45) is 5.73 Å². The Balaban J connectivity index is 1.48. The summed E-state index contributed by atoms with van der Waals surface area (Å²) in [4.78, 5) is 32.8. The fourth-order valence-corrected chi connectivity index (χ4v) is 4.81. The largest absolute Gasteiger partial charge is 0.449 e. The maximum atomic E-state index is 14.0. The molecule has 208 valence electrons. The fraction of sp³-hybridized carbons (Fsp3) is 0.542. The van der Waals surface area contributed by atoms with Gasteiger partial charge in [-0.05, 0) is 51.0 Å². The molecule has 38 heavy (non-hydrogen) atoms. The van der Waals surface area contributed by atoms with Crippen molar-refractivity contribution < 1.29 is 35.9 Å². The van der Waals surface area contributed by atoms with E-state index in [1.807, 2.05) is 7.05 Å². The molecule has 0 radical (unpaired) electrons. The highest BCUT2D eigenvalue weighted by atomic mass is 19.4. The molecule has 0 saturated carbocycles. The lowest BCUT2D eigenvalue weighted by Crippen LogP contribution is -2.44. The van der Waals surface area contributed by atoms with Gasteiger partial charge in [0, 0.05) is 37.7 Å². The molecule has 1 aromatic carbocycles. The van der Waals surface area contributed by atoms with Crippen LogP contribution in [0.4, 0.5) is 26.3 Å². The Morgan fingerprint density at radius 3 is 2.39 bits per heavy atom. The normalized spacial score (nSPS) is 17.8. The topological polar surface area (TPSA) is 96.5 Å². The molecule has 0 aliphatic carbocycles. The molecule has 3 N–H and O–H groups in total. The van der Waals surface area contributed by atoms with Gasteiger partial charge < -0.3 is 25.4 Å². The Morgan fingerprint density at radius 2 is 1.74 bits per heavy atom. The summed E-state index contributed by atoms with van der Waals surface area (Å²) in [6, 6.07) is -0.114. The molecule has 1 atom stereocenters. The van der Waals surface area contributed by atoms with Gasteiger partial charge in [-0.3, -0.25) is 9.59 Å². The van der Waals surface area contributed by atoms with E-state index in [4.69, 9.17) is 5.73 Å². The summed E-state index contributed by atoms with van der Waals surface area (Å²) in [5.41, 5.74) is 5.32. The van der Waals surface area contributed by atoms with Gasteiger partial charge in [0.25, 0.3) is 5.91 Å². The van der Waals surface area contributed by atoms with Crippen LogP contribution in [-0.2, 0) is 30.5 Å². The number of imidazole rings is 1. The molecule has 1 aromatic heterocycles. The van der Waals surface area contributed by atoms with E-state index < -0.39 is 47.3 Å². The molecule has 1 fully saturated rings.